The van der Waals surface area contributed by atoms with Gasteiger partial charge in [-0.25, -0.2) is 0 Å². The molecule has 2 aromatic carbocycles. The predicted octanol–water partition coefficient (Wildman–Crippen LogP) is 5.38. The van der Waals surface area contributed by atoms with E-state index in [2.05, 4.69) is 15.9 Å². The molecule has 132 valence electrons. The lowest BCUT2D eigenvalue weighted by Crippen LogP contribution is -2.50. The Kier molecular flexibility index (Phi) is 4.76. The number of carbonyl (C=O) groups is 1. The van der Waals surface area contributed by atoms with Gasteiger partial charge < -0.3 is 0 Å². The normalized spacial score (nSPS) is 18.9. The van der Waals surface area contributed by atoms with Crippen LogP contribution in [0.5, 0.6) is 0 Å². The number of hydrogen-bond acceptors (Lipinski definition) is 3. The third-order valence-electron chi connectivity index (χ3n) is 5.14. The van der Waals surface area contributed by atoms with Crippen molar-refractivity contribution in [2.24, 2.45) is 4.99 Å². The van der Waals surface area contributed by atoms with Gasteiger partial charge in [-0.15, -0.1) is 0 Å². The van der Waals surface area contributed by atoms with E-state index in [0.717, 1.165) is 41.4 Å². The number of rotatable bonds is 2. The summed E-state index contributed by atoms with van der Waals surface area (Å²) < 4.78 is 0.951. The van der Waals surface area contributed by atoms with Crippen LogP contribution in [-0.2, 0) is 0 Å². The highest BCUT2D eigenvalue weighted by Gasteiger charge is 2.48. The molecule has 0 atom stereocenters. The minimum atomic E-state index is -0.523. The zero-order chi connectivity index (χ0) is 18.1. The first-order valence-corrected chi connectivity index (χ1v) is 10.1. The van der Waals surface area contributed by atoms with Crippen LogP contribution in [0.15, 0.2) is 64.1 Å². The zero-order valence-corrected chi connectivity index (χ0v) is 16.7. The lowest BCUT2D eigenvalue weighted by Gasteiger charge is -2.38. The molecule has 1 amide bonds. The number of nitrogens with zero attached hydrogens (tertiary/aromatic N) is 2. The summed E-state index contributed by atoms with van der Waals surface area (Å²) in [6.07, 6.45) is 5.05. The van der Waals surface area contributed by atoms with Crippen LogP contribution < -0.4 is 0 Å². The predicted molar refractivity (Wildman–Crippen MR) is 112 cm³/mol. The number of hydrogen-bond donors (Lipinski definition) is 0. The Morgan fingerprint density at radius 2 is 1.65 bits per heavy atom. The first-order chi connectivity index (χ1) is 12.6. The third kappa shape index (κ3) is 3.03. The second-order valence-electron chi connectivity index (χ2n) is 6.82. The van der Waals surface area contributed by atoms with Gasteiger partial charge in [0.25, 0.3) is 5.91 Å². The number of halogens is 1. The second kappa shape index (κ2) is 7.05. The van der Waals surface area contributed by atoms with Gasteiger partial charge in [-0.3, -0.25) is 14.7 Å². The molecule has 1 aliphatic carbocycles. The van der Waals surface area contributed by atoms with Gasteiger partial charge in [0.1, 0.15) is 16.4 Å². The molecule has 0 bridgehead atoms. The summed E-state index contributed by atoms with van der Waals surface area (Å²) >= 11 is 9.19. The van der Waals surface area contributed by atoms with Crippen LogP contribution in [0.2, 0.25) is 0 Å². The monoisotopic (exact) mass is 426 g/mol. The molecule has 5 heteroatoms. The van der Waals surface area contributed by atoms with E-state index in [0.29, 0.717) is 10.6 Å². The van der Waals surface area contributed by atoms with Crippen molar-refractivity contribution in [3.05, 3.63) is 70.2 Å². The Morgan fingerprint density at radius 1 is 1.00 bits per heavy atom. The van der Waals surface area contributed by atoms with Crippen LogP contribution in [0.3, 0.4) is 0 Å². The molecule has 26 heavy (non-hydrogen) atoms. The molecule has 0 saturated heterocycles. The van der Waals surface area contributed by atoms with Crippen LogP contribution in [0, 0.1) is 0 Å². The van der Waals surface area contributed by atoms with E-state index in [-0.39, 0.29) is 5.91 Å². The van der Waals surface area contributed by atoms with E-state index in [9.17, 15) is 4.79 Å². The SMILES string of the molecule is O=C(c1ccc(Br)cc1)N1C(=S)C(c2ccccc2)=NC12CCCCC2. The van der Waals surface area contributed by atoms with Crippen molar-refractivity contribution in [2.45, 2.75) is 37.8 Å². The van der Waals surface area contributed by atoms with E-state index in [1.807, 2.05) is 54.6 Å². The fourth-order valence-electron chi connectivity index (χ4n) is 3.84. The van der Waals surface area contributed by atoms with E-state index < -0.39 is 5.66 Å². The average Bonchev–Trinajstić information content (AvgIpc) is 2.95. The van der Waals surface area contributed by atoms with E-state index in [4.69, 9.17) is 17.2 Å². The van der Waals surface area contributed by atoms with Crippen molar-refractivity contribution in [2.75, 3.05) is 0 Å². The minimum absolute atomic E-state index is 0.0564. The van der Waals surface area contributed by atoms with E-state index >= 15 is 0 Å². The summed E-state index contributed by atoms with van der Waals surface area (Å²) in [5.74, 6) is -0.0564. The van der Waals surface area contributed by atoms with Gasteiger partial charge in [0.15, 0.2) is 0 Å². The molecule has 2 aromatic rings. The van der Waals surface area contributed by atoms with Crippen molar-refractivity contribution < 1.29 is 4.79 Å². The van der Waals surface area contributed by atoms with Crippen molar-refractivity contribution in [1.29, 1.82) is 0 Å². The summed E-state index contributed by atoms with van der Waals surface area (Å²) in [7, 11) is 0. The van der Waals surface area contributed by atoms with Crippen molar-refractivity contribution in [3.63, 3.8) is 0 Å². The van der Waals surface area contributed by atoms with Gasteiger partial charge in [-0.2, -0.15) is 0 Å². The minimum Gasteiger partial charge on any atom is -0.271 e. The summed E-state index contributed by atoms with van der Waals surface area (Å²) in [6.45, 7) is 0. The summed E-state index contributed by atoms with van der Waals surface area (Å²) in [4.78, 5) is 20.7. The zero-order valence-electron chi connectivity index (χ0n) is 14.3. The first kappa shape index (κ1) is 17.6. The molecule has 4 rings (SSSR count). The molecule has 2 aliphatic rings. The Morgan fingerprint density at radius 3 is 2.31 bits per heavy atom. The average molecular weight is 427 g/mol. The van der Waals surface area contributed by atoms with Crippen LogP contribution in [-0.4, -0.2) is 27.2 Å². The van der Waals surface area contributed by atoms with Crippen LogP contribution in [0.1, 0.15) is 48.0 Å². The highest BCUT2D eigenvalue weighted by atomic mass is 79.9. The molecule has 0 N–H and O–H groups in total. The van der Waals surface area contributed by atoms with Gasteiger partial charge in [-0.1, -0.05) is 64.9 Å². The summed E-state index contributed by atoms with van der Waals surface area (Å²) in [5, 5.41) is 0. The molecule has 0 radical (unpaired) electrons. The largest absolute Gasteiger partial charge is 0.271 e. The number of benzene rings is 2. The Bertz CT molecular complexity index is 871. The van der Waals surface area contributed by atoms with Gasteiger partial charge in [0.2, 0.25) is 0 Å². The standard InChI is InChI=1S/C21H19BrN2OS/c22-17-11-9-16(10-12-17)19(25)24-20(26)18(15-7-3-1-4-8-15)23-21(24)13-5-2-6-14-21/h1,3-4,7-12H,2,5-6,13-14H2. The molecule has 1 fully saturated rings. The highest BCUT2D eigenvalue weighted by molar-refractivity contribution is 9.10. The third-order valence-corrected chi connectivity index (χ3v) is 6.04. The second-order valence-corrected chi connectivity index (χ2v) is 8.12. The molecule has 3 nitrogen and oxygen atoms in total. The number of carbonyl (C=O) groups excluding carboxylic acids is 1. The van der Waals surface area contributed by atoms with Crippen molar-refractivity contribution in [1.82, 2.24) is 4.90 Å². The topological polar surface area (TPSA) is 32.7 Å². The molecule has 0 aromatic heterocycles. The molecule has 1 saturated carbocycles. The first-order valence-electron chi connectivity index (χ1n) is 8.90. The Balaban J connectivity index is 1.76. The quantitative estimate of drug-likeness (QED) is 0.603. The van der Waals surface area contributed by atoms with Gasteiger partial charge >= 0.3 is 0 Å². The lowest BCUT2D eigenvalue weighted by atomic mass is 9.88. The molecular formula is C21H19BrN2OS. The highest BCUT2D eigenvalue weighted by Crippen LogP contribution is 2.41. The van der Waals surface area contributed by atoms with E-state index in [1.165, 1.54) is 6.42 Å². The van der Waals surface area contributed by atoms with Crippen molar-refractivity contribution in [3.8, 4) is 0 Å². The van der Waals surface area contributed by atoms with Gasteiger partial charge in [0, 0.05) is 15.6 Å². The maximum absolute atomic E-state index is 13.4. The maximum Gasteiger partial charge on any atom is 0.260 e. The van der Waals surface area contributed by atoms with Crippen LogP contribution in [0.4, 0.5) is 0 Å². The summed E-state index contributed by atoms with van der Waals surface area (Å²) in [5.41, 5.74) is 1.87. The number of amides is 1. The Hall–Kier alpha value is -1.85. The maximum atomic E-state index is 13.4. The van der Waals surface area contributed by atoms with E-state index in [1.54, 1.807) is 4.90 Å². The fraction of sp³-hybridized carbons (Fsp3) is 0.286. The molecular weight excluding hydrogens is 408 g/mol. The number of thiocarbonyl (C=S) groups is 1. The lowest BCUT2D eigenvalue weighted by molar-refractivity contribution is 0.0648. The van der Waals surface area contributed by atoms with Crippen LogP contribution >= 0.6 is 28.1 Å². The fourth-order valence-corrected chi connectivity index (χ4v) is 4.52. The van der Waals surface area contributed by atoms with Crippen molar-refractivity contribution >= 4 is 44.8 Å². The molecule has 1 spiro atoms. The smallest absolute Gasteiger partial charge is 0.260 e. The van der Waals surface area contributed by atoms with Gasteiger partial charge in [-0.05, 0) is 49.9 Å². The molecule has 1 heterocycles. The number of aliphatic imine (C=N–C) groups is 1. The molecule has 1 aliphatic heterocycles. The molecule has 0 unspecified atom stereocenters. The summed E-state index contributed by atoms with van der Waals surface area (Å²) in [6, 6.07) is 17.4. The van der Waals surface area contributed by atoms with Gasteiger partial charge in [0.05, 0.1) is 0 Å². The Labute approximate surface area is 167 Å². The van der Waals surface area contributed by atoms with Crippen LogP contribution in [0.25, 0.3) is 0 Å².